The summed E-state index contributed by atoms with van der Waals surface area (Å²) >= 11 is 2.50. The molecule has 2 unspecified atom stereocenters. The average Bonchev–Trinajstić information content (AvgIpc) is 0.730. The van der Waals surface area contributed by atoms with E-state index >= 15 is 0 Å². The van der Waals surface area contributed by atoms with Crippen LogP contribution in [0.2, 0.25) is 20.2 Å². The summed E-state index contributed by atoms with van der Waals surface area (Å²) in [5.74, 6) is -1.71. The summed E-state index contributed by atoms with van der Waals surface area (Å²) in [6.45, 7) is 37.2. The summed E-state index contributed by atoms with van der Waals surface area (Å²) in [5, 5.41) is 31.2. The molecule has 7 heterocycles. The molecule has 7 fully saturated rings. The molecule has 0 amide bonds. The van der Waals surface area contributed by atoms with Crippen molar-refractivity contribution in [1.82, 2.24) is 0 Å². The molecule has 0 aromatic heterocycles. The molecule has 7 saturated heterocycles. The molecule has 18 atom stereocenters. The minimum absolute atomic E-state index is 0. The van der Waals surface area contributed by atoms with Crippen molar-refractivity contribution < 1.29 is 174 Å². The number of aliphatic hydroxyl groups excluding tert-OH is 1. The zero-order valence-corrected chi connectivity index (χ0v) is 85.1. The van der Waals surface area contributed by atoms with E-state index in [1.165, 1.54) is 83.4 Å². The SMILES string of the molecule is COP(=O)(CC(=O)OCc1ccccc1)OC.COc1ccc(CO[C@@H]2C(O)O[C@]3(C[C@H](C)[C@@H]4O[C@@H]5CO[Si](C(C)(C)C)(C(C)(C)C)O[C@@H]5C[C@@H]4O3)C[C@@H]2C)cc1.COc1ccc(CO[C@H](/C=C/C(=O)OCc2ccccc2)[C@@H](C)C[C@]2(O)C[C@H](C)[C@@H]3O[C@@H]4CO[Si](C(C)(C)C)(C(C)(C)C)O[C@@H]4C[C@@H]3O2)cc1.O=[P+]([O-])O[O-].[K+].[K][K]. The van der Waals surface area contributed by atoms with Gasteiger partial charge in [-0.25, -0.2) is 9.47 Å². The van der Waals surface area contributed by atoms with Gasteiger partial charge in [0.2, 0.25) is 0 Å². The first-order valence-electron chi connectivity index (χ1n) is 39.7. The minimum atomic E-state index is -3.33. The van der Waals surface area contributed by atoms with E-state index in [1.807, 2.05) is 116 Å². The van der Waals surface area contributed by atoms with Gasteiger partial charge in [-0.15, -0.1) is 0 Å². The van der Waals surface area contributed by atoms with Crippen molar-refractivity contribution in [2.75, 3.05) is 47.8 Å². The fourth-order valence-electron chi connectivity index (χ4n) is 16.9. The third kappa shape index (κ3) is 28.8. The number of carbonyl (C=O) groups excluding carboxylic acids is 2. The van der Waals surface area contributed by atoms with Gasteiger partial charge in [-0.2, -0.15) is 0 Å². The Kier molecular flexibility index (Phi) is 42.1. The molecule has 33 heteroatoms. The maximum absolute atomic E-state index is 12.7. The van der Waals surface area contributed by atoms with Gasteiger partial charge in [-0.1, -0.05) is 196 Å². The van der Waals surface area contributed by atoms with E-state index in [0.717, 1.165) is 40.2 Å². The fourth-order valence-corrected chi connectivity index (χ4v) is 27.7. The summed E-state index contributed by atoms with van der Waals surface area (Å²) in [4.78, 5) is 33.0. The number of fused-ring (bicyclic) bond motifs is 4. The predicted molar refractivity (Wildman–Crippen MR) is 430 cm³/mol. The van der Waals surface area contributed by atoms with Crippen LogP contribution >= 0.6 is 15.9 Å². The molecule has 1 spiro atoms. The molecule has 2 N–H and O–H groups in total. The van der Waals surface area contributed by atoms with Crippen LogP contribution in [-0.2, 0) is 119 Å². The van der Waals surface area contributed by atoms with Gasteiger partial charge in [0.05, 0.1) is 83.4 Å². The van der Waals surface area contributed by atoms with Crippen LogP contribution in [0.5, 0.6) is 11.5 Å². The van der Waals surface area contributed by atoms with Crippen LogP contribution in [0.3, 0.4) is 0 Å². The van der Waals surface area contributed by atoms with Gasteiger partial charge >= 0.3 is 159 Å². The van der Waals surface area contributed by atoms with Crippen LogP contribution in [0.25, 0.3) is 0 Å². The first-order valence-corrected chi connectivity index (χ1v) is 62.1. The average molecular weight is 1760 g/mol. The quantitative estimate of drug-likeness (QED) is 0.0184. The Bertz CT molecular complexity index is 3650. The van der Waals surface area contributed by atoms with E-state index in [4.69, 9.17) is 84.5 Å². The van der Waals surface area contributed by atoms with Gasteiger partial charge < -0.3 is 99.2 Å². The van der Waals surface area contributed by atoms with Crippen LogP contribution in [0, 0.1) is 23.7 Å². The predicted octanol–water partition coefficient (Wildman–Crippen LogP) is 10.1. The number of esters is 2. The van der Waals surface area contributed by atoms with Crippen molar-refractivity contribution in [1.29, 1.82) is 0 Å². The molecule has 628 valence electrons. The van der Waals surface area contributed by atoms with E-state index < -0.39 is 75.0 Å². The van der Waals surface area contributed by atoms with Crippen LogP contribution < -0.4 is 71.0 Å². The van der Waals surface area contributed by atoms with Gasteiger partial charge in [-0.05, 0) is 80.8 Å². The molecule has 26 nitrogen and oxygen atoms in total. The number of carbonyl (C=O) groups is 2. The van der Waals surface area contributed by atoms with Gasteiger partial charge in [0, 0.05) is 79.0 Å². The molecule has 0 bridgehead atoms. The number of hydrogen-bond acceptors (Lipinski definition) is 26. The third-order valence-corrected chi connectivity index (χ3v) is 34.0. The van der Waals surface area contributed by atoms with E-state index in [-0.39, 0.29) is 163 Å². The molecule has 0 saturated carbocycles. The summed E-state index contributed by atoms with van der Waals surface area (Å²) in [6, 6.07) is 34.2. The summed E-state index contributed by atoms with van der Waals surface area (Å²) in [7, 11) is -6.06. The van der Waals surface area contributed by atoms with Crippen molar-refractivity contribution in [3.05, 3.63) is 144 Å². The van der Waals surface area contributed by atoms with Crippen molar-refractivity contribution in [2.45, 2.75) is 275 Å². The van der Waals surface area contributed by atoms with Crippen LogP contribution in [-0.4, -0.2) is 229 Å². The second-order valence-corrected chi connectivity index (χ2v) is 47.0. The number of benzene rings is 4. The number of ether oxygens (including phenoxy) is 11. The number of hydrogen-bond donors (Lipinski definition) is 2. The Morgan fingerprint density at radius 2 is 1.03 bits per heavy atom. The summed E-state index contributed by atoms with van der Waals surface area (Å²) in [6.07, 6.45) is 2.86. The van der Waals surface area contributed by atoms with Crippen molar-refractivity contribution in [2.24, 2.45) is 23.7 Å². The molecule has 115 heavy (non-hydrogen) atoms. The standard InChI is InChI=1S/C40H58O9Si.C31H50O8Si.C11H15O5P.3K.HO4P/c1-27(32(44-24-30-15-17-31(43-9)18-16-30)19-20-36(41)45-25-29-13-11-10-12-14-29)22-40(42)23-28(2)37-34(48-40)21-33-35(47-37)26-46-50(49-33,38(3,4)5)39(6,7)8;1-19-15-31(16-20(2)27(28(32)38-31)34-17-21-10-12-22(33-9)13-11-21)37-24-14-23-25(36-26(19)24)18-35-40(39-23,29(3,4)5)30(6,7)8;1-14-17(13,15-2)9-11(12)16-8-10-6-4-3-5-7-10;;;;1-4-5(2)3/h10-20,27-28,32-35,37,42H,21-26H2,1-9H3;10-13,19-20,23-28,32H,14-18H2,1-9H3;3-7H,8-9H2,1-2H3;;;;1H/q;;;;;+1;/p-1/b20-19+;;;;;;/t27-,28-,32+,33+,34-,35+,37-,40+;19-,20-,23+,24-,25+,26-,27-,28?,31+;;;;;/m00...../s1. The molecule has 4 aromatic rings. The van der Waals surface area contributed by atoms with Crippen LogP contribution in [0.1, 0.15) is 172 Å². The number of rotatable bonds is 22. The first-order chi connectivity index (χ1) is 53.6. The molecule has 7 aliphatic rings. The molecular formula is C82H123K3O26P2Si2. The Hall–Kier alpha value is 0.113. The van der Waals surface area contributed by atoms with E-state index in [2.05, 4.69) is 118 Å². The van der Waals surface area contributed by atoms with E-state index in [1.54, 1.807) is 20.3 Å². The van der Waals surface area contributed by atoms with Gasteiger partial charge in [-0.3, -0.25) is 9.36 Å². The molecule has 0 radical (unpaired) electrons. The topological polar surface area (TPSA) is 321 Å². The maximum atomic E-state index is 12.7. The Morgan fingerprint density at radius 1 is 0.609 bits per heavy atom. The van der Waals surface area contributed by atoms with Gasteiger partial charge in [0.15, 0.2) is 17.9 Å². The first kappa shape index (κ1) is 104. The number of aliphatic hydroxyl groups is 2. The zero-order chi connectivity index (χ0) is 84.4. The Labute approximate surface area is 772 Å². The molecule has 0 aliphatic carbocycles. The van der Waals surface area contributed by atoms with E-state index in [9.17, 15) is 24.4 Å². The second kappa shape index (κ2) is 46.5. The van der Waals surface area contributed by atoms with Crippen molar-refractivity contribution in [3.8, 4) is 11.5 Å². The Balaban J connectivity index is 0.000000280. The van der Waals surface area contributed by atoms with Crippen LogP contribution in [0.4, 0.5) is 0 Å². The van der Waals surface area contributed by atoms with Crippen molar-refractivity contribution in [3.63, 3.8) is 0 Å². The van der Waals surface area contributed by atoms with Gasteiger partial charge in [0.25, 0.3) is 0 Å². The van der Waals surface area contributed by atoms with Crippen LogP contribution in [0.15, 0.2) is 121 Å². The fraction of sp³-hybridized carbons (Fsp3) is 0.659. The molecular weight excluding hydrogens is 1640 g/mol. The van der Waals surface area contributed by atoms with E-state index in [0.29, 0.717) is 58.5 Å². The van der Waals surface area contributed by atoms with Crippen molar-refractivity contribution >= 4 is 108 Å². The zero-order valence-electron chi connectivity index (χ0n) is 72.0. The second-order valence-electron chi connectivity index (χ2n) is 34.6. The molecule has 4 aromatic carbocycles. The Morgan fingerprint density at radius 3 is 1.45 bits per heavy atom. The monoisotopic (exact) mass is 1760 g/mol. The third-order valence-electron chi connectivity index (χ3n) is 21.8. The summed E-state index contributed by atoms with van der Waals surface area (Å²) in [5.41, 5.74) is 3.75. The number of methoxy groups -OCH3 is 2. The van der Waals surface area contributed by atoms with Gasteiger partial charge in [0.1, 0.15) is 49.2 Å². The molecule has 11 rings (SSSR count). The molecule has 7 aliphatic heterocycles. The normalized spacial score (nSPS) is 28.9. The summed E-state index contributed by atoms with van der Waals surface area (Å²) < 4.78 is 126.